The summed E-state index contributed by atoms with van der Waals surface area (Å²) < 4.78 is -0.287. The van der Waals surface area contributed by atoms with Gasteiger partial charge in [-0.3, -0.25) is 14.6 Å². The fourth-order valence-electron chi connectivity index (χ4n) is 3.68. The lowest BCUT2D eigenvalue weighted by molar-refractivity contribution is -0.145. The molecule has 4 fully saturated rings. The number of Topliss-reactive ketones (excluding diaryl/α,β-unsaturated/α-hetero) is 1. The zero-order chi connectivity index (χ0) is 11.6. The van der Waals surface area contributed by atoms with E-state index in [0.717, 1.165) is 39.3 Å². The van der Waals surface area contributed by atoms with Crippen molar-refractivity contribution in [1.29, 1.82) is 0 Å². The Labute approximate surface area is 105 Å². The molecule has 0 aromatic carbocycles. The summed E-state index contributed by atoms with van der Waals surface area (Å²) in [5, 5.41) is 0. The van der Waals surface area contributed by atoms with Gasteiger partial charge in [0.1, 0.15) is 4.32 Å². The third kappa shape index (κ3) is 1.30. The van der Waals surface area contributed by atoms with Gasteiger partial charge in [0.2, 0.25) is 0 Å². The first-order valence-electron chi connectivity index (χ1n) is 6.15. The number of fused-ring (bicyclic) bond motifs is 1. The molecule has 0 N–H and O–H groups in total. The molecule has 0 aromatic heterocycles. The highest BCUT2D eigenvalue weighted by Gasteiger charge is 2.61. The van der Waals surface area contributed by atoms with E-state index >= 15 is 0 Å². The van der Waals surface area contributed by atoms with Crippen molar-refractivity contribution in [1.82, 2.24) is 9.80 Å². The molecular weight excluding hydrogens is 268 g/mol. The Hall–Kier alpha value is 0.0700. The molecule has 4 bridgehead atoms. The molecule has 4 aliphatic rings. The number of carbonyl (C=O) groups is 1. The summed E-state index contributed by atoms with van der Waals surface area (Å²) >= 11 is 3.74. The number of rotatable bonds is 1. The van der Waals surface area contributed by atoms with E-state index in [9.17, 15) is 4.79 Å². The molecule has 90 valence electrons. The Balaban J connectivity index is 2.09. The molecule has 4 rings (SSSR count). The molecule has 0 radical (unpaired) electrons. The molecule has 0 aliphatic carbocycles. The maximum atomic E-state index is 12.7. The maximum absolute atomic E-state index is 12.7. The van der Waals surface area contributed by atoms with Crippen molar-refractivity contribution in [2.75, 3.05) is 39.3 Å². The second-order valence-corrected chi connectivity index (χ2v) is 7.54. The Morgan fingerprint density at radius 2 is 1.62 bits per heavy atom. The van der Waals surface area contributed by atoms with Crippen LogP contribution >= 0.6 is 15.9 Å². The van der Waals surface area contributed by atoms with Crippen LogP contribution in [0.25, 0.3) is 0 Å². The van der Waals surface area contributed by atoms with Gasteiger partial charge in [-0.25, -0.2) is 0 Å². The predicted octanol–water partition coefficient (Wildman–Crippen LogP) is 0.976. The van der Waals surface area contributed by atoms with Crippen LogP contribution in [0.3, 0.4) is 0 Å². The van der Waals surface area contributed by atoms with Crippen molar-refractivity contribution in [2.45, 2.75) is 18.2 Å². The van der Waals surface area contributed by atoms with Crippen LogP contribution in [-0.2, 0) is 4.79 Å². The Morgan fingerprint density at radius 3 is 2.06 bits per heavy atom. The second-order valence-electron chi connectivity index (χ2n) is 6.03. The van der Waals surface area contributed by atoms with Crippen molar-refractivity contribution < 1.29 is 4.79 Å². The molecule has 0 amide bonds. The van der Waals surface area contributed by atoms with Gasteiger partial charge in [0, 0.05) is 39.3 Å². The third-order valence-corrected chi connectivity index (χ3v) is 5.52. The summed E-state index contributed by atoms with van der Waals surface area (Å²) in [5.74, 6) is 0.894. The van der Waals surface area contributed by atoms with Gasteiger partial charge in [-0.2, -0.15) is 0 Å². The van der Waals surface area contributed by atoms with Crippen molar-refractivity contribution in [3.8, 4) is 0 Å². The average molecular weight is 287 g/mol. The van der Waals surface area contributed by atoms with Crippen molar-refractivity contribution in [3.63, 3.8) is 0 Å². The summed E-state index contributed by atoms with van der Waals surface area (Å²) in [4.78, 5) is 17.7. The molecule has 2 atom stereocenters. The number of hydrogen-bond acceptors (Lipinski definition) is 3. The van der Waals surface area contributed by atoms with Crippen LogP contribution in [0.1, 0.15) is 13.8 Å². The SMILES string of the molecule is CC(C)C12CN3CCN(CC(Br)(C3)C1=O)C2. The van der Waals surface area contributed by atoms with E-state index in [2.05, 4.69) is 39.6 Å². The molecule has 2 unspecified atom stereocenters. The number of alkyl halides is 1. The number of nitrogens with zero attached hydrogens (tertiary/aromatic N) is 2. The molecule has 4 aliphatic heterocycles. The summed E-state index contributed by atoms with van der Waals surface area (Å²) in [6, 6.07) is 0. The normalized spacial score (nSPS) is 51.1. The van der Waals surface area contributed by atoms with Gasteiger partial charge in [0.25, 0.3) is 0 Å². The monoisotopic (exact) mass is 286 g/mol. The standard InChI is InChI=1S/C12H19BrN2O/c1-9(2)11-5-14-3-4-15(6-11)8-12(13,7-14)10(11)16/h9H,3-8H2,1-2H3. The van der Waals surface area contributed by atoms with Gasteiger partial charge < -0.3 is 0 Å². The molecule has 4 heteroatoms. The summed E-state index contributed by atoms with van der Waals surface area (Å²) in [7, 11) is 0. The highest BCUT2D eigenvalue weighted by Crippen LogP contribution is 2.47. The second kappa shape index (κ2) is 3.30. The van der Waals surface area contributed by atoms with Crippen LogP contribution in [0.4, 0.5) is 0 Å². The zero-order valence-corrected chi connectivity index (χ0v) is 11.6. The van der Waals surface area contributed by atoms with E-state index in [-0.39, 0.29) is 9.74 Å². The van der Waals surface area contributed by atoms with E-state index in [1.54, 1.807) is 0 Å². The van der Waals surface area contributed by atoms with E-state index in [4.69, 9.17) is 0 Å². The lowest BCUT2D eigenvalue weighted by atomic mass is 9.65. The first-order chi connectivity index (χ1) is 7.46. The first-order valence-corrected chi connectivity index (χ1v) is 6.94. The third-order valence-electron chi connectivity index (χ3n) is 4.66. The zero-order valence-electron chi connectivity index (χ0n) is 10.0. The number of carbonyl (C=O) groups excluding carboxylic acids is 1. The predicted molar refractivity (Wildman–Crippen MR) is 66.8 cm³/mol. The smallest absolute Gasteiger partial charge is 0.161 e. The average Bonchev–Trinajstić information content (AvgIpc) is 2.41. The molecule has 3 nitrogen and oxygen atoms in total. The fourth-order valence-corrected chi connectivity index (χ4v) is 4.78. The molecule has 0 spiro atoms. The summed E-state index contributed by atoms with van der Waals surface area (Å²) in [6.07, 6.45) is 0. The minimum absolute atomic E-state index is 0.128. The van der Waals surface area contributed by atoms with E-state index in [0.29, 0.717) is 11.7 Å². The highest BCUT2D eigenvalue weighted by atomic mass is 79.9. The van der Waals surface area contributed by atoms with Crippen LogP contribution in [-0.4, -0.2) is 59.2 Å². The lowest BCUT2D eigenvalue weighted by Gasteiger charge is -2.54. The van der Waals surface area contributed by atoms with E-state index in [1.165, 1.54) is 0 Å². The highest BCUT2D eigenvalue weighted by molar-refractivity contribution is 9.10. The first kappa shape index (κ1) is 11.2. The molecule has 16 heavy (non-hydrogen) atoms. The maximum Gasteiger partial charge on any atom is 0.161 e. The van der Waals surface area contributed by atoms with Gasteiger partial charge in [-0.1, -0.05) is 29.8 Å². The van der Waals surface area contributed by atoms with Crippen molar-refractivity contribution in [3.05, 3.63) is 0 Å². The van der Waals surface area contributed by atoms with Gasteiger partial charge in [-0.05, 0) is 5.92 Å². The molecule has 4 saturated heterocycles. The number of ketones is 1. The van der Waals surface area contributed by atoms with Gasteiger partial charge in [-0.15, -0.1) is 0 Å². The Kier molecular flexibility index (Phi) is 2.30. The minimum Gasteiger partial charge on any atom is -0.299 e. The number of piperidine rings is 2. The number of hydrogen-bond donors (Lipinski definition) is 0. The summed E-state index contributed by atoms with van der Waals surface area (Å²) in [5.41, 5.74) is -0.128. The number of halogens is 1. The minimum atomic E-state index is -0.287. The Bertz CT molecular complexity index is 326. The largest absolute Gasteiger partial charge is 0.299 e. The van der Waals surface area contributed by atoms with Crippen LogP contribution < -0.4 is 0 Å². The molecule has 0 saturated carbocycles. The molecule has 0 aromatic rings. The van der Waals surface area contributed by atoms with Gasteiger partial charge in [0.15, 0.2) is 5.78 Å². The quantitative estimate of drug-likeness (QED) is 0.672. The van der Waals surface area contributed by atoms with E-state index in [1.807, 2.05) is 0 Å². The topological polar surface area (TPSA) is 23.6 Å². The van der Waals surface area contributed by atoms with Crippen LogP contribution in [0.2, 0.25) is 0 Å². The van der Waals surface area contributed by atoms with Crippen molar-refractivity contribution >= 4 is 21.7 Å². The van der Waals surface area contributed by atoms with E-state index < -0.39 is 0 Å². The molecule has 4 heterocycles. The molecular formula is C12H19BrN2O. The van der Waals surface area contributed by atoms with Crippen LogP contribution in [0.15, 0.2) is 0 Å². The lowest BCUT2D eigenvalue weighted by Crippen LogP contribution is -2.69. The van der Waals surface area contributed by atoms with Crippen molar-refractivity contribution in [2.24, 2.45) is 11.3 Å². The fraction of sp³-hybridized carbons (Fsp3) is 0.917. The summed E-state index contributed by atoms with van der Waals surface area (Å²) in [6.45, 7) is 10.4. The van der Waals surface area contributed by atoms with Crippen LogP contribution in [0.5, 0.6) is 0 Å². The van der Waals surface area contributed by atoms with Crippen LogP contribution in [0, 0.1) is 11.3 Å². The Morgan fingerprint density at radius 1 is 1.12 bits per heavy atom. The van der Waals surface area contributed by atoms with Gasteiger partial charge in [0.05, 0.1) is 5.41 Å². The van der Waals surface area contributed by atoms with Gasteiger partial charge >= 0.3 is 0 Å².